The molecule has 7 nitrogen and oxygen atoms in total. The van der Waals surface area contributed by atoms with E-state index in [1.807, 2.05) is 19.0 Å². The maximum atomic E-state index is 13.3. The maximum absolute atomic E-state index is 13.3. The lowest BCUT2D eigenvalue weighted by molar-refractivity contribution is -0.114. The van der Waals surface area contributed by atoms with Crippen molar-refractivity contribution in [1.29, 1.82) is 0 Å². The molecule has 2 aromatic carbocycles. The Morgan fingerprint density at radius 2 is 1.84 bits per heavy atom. The topological polar surface area (TPSA) is 81.8 Å². The van der Waals surface area contributed by atoms with Crippen LogP contribution in [0.25, 0.3) is 0 Å². The molecular weight excluding hydrogens is 443 g/mol. The fourth-order valence-corrected chi connectivity index (χ4v) is 5.14. The molecule has 0 aromatic heterocycles. The minimum absolute atomic E-state index is 0.0868. The van der Waals surface area contributed by atoms with E-state index in [0.717, 1.165) is 24.9 Å². The van der Waals surface area contributed by atoms with Crippen molar-refractivity contribution in [3.63, 3.8) is 0 Å². The molecule has 31 heavy (non-hydrogen) atoms. The predicted molar refractivity (Wildman–Crippen MR) is 122 cm³/mol. The number of hydrogen-bond donors (Lipinski definition) is 2. The van der Waals surface area contributed by atoms with Gasteiger partial charge in [0, 0.05) is 32.9 Å². The van der Waals surface area contributed by atoms with Gasteiger partial charge in [0.05, 0.1) is 27.8 Å². The number of benzene rings is 2. The predicted octanol–water partition coefficient (Wildman–Crippen LogP) is 3.77. The lowest BCUT2D eigenvalue weighted by Crippen LogP contribution is -2.35. The molecule has 1 heterocycles. The van der Waals surface area contributed by atoms with Gasteiger partial charge in [-0.1, -0.05) is 18.0 Å². The van der Waals surface area contributed by atoms with Crippen LogP contribution in [-0.4, -0.2) is 52.4 Å². The van der Waals surface area contributed by atoms with E-state index in [1.165, 1.54) is 22.5 Å². The number of nitrogens with one attached hydrogen (secondary N) is 2. The number of sulfonamides is 1. The summed E-state index contributed by atoms with van der Waals surface area (Å²) in [4.78, 5) is 14.4. The second-order valence-corrected chi connectivity index (χ2v) is 9.91. The summed E-state index contributed by atoms with van der Waals surface area (Å²) in [6.45, 7) is 0.926. The van der Waals surface area contributed by atoms with Crippen molar-refractivity contribution in [1.82, 2.24) is 4.31 Å². The molecule has 0 unspecified atom stereocenters. The zero-order valence-corrected chi connectivity index (χ0v) is 19.1. The largest absolute Gasteiger partial charge is 0.376 e. The van der Waals surface area contributed by atoms with Gasteiger partial charge in [-0.3, -0.25) is 4.79 Å². The van der Waals surface area contributed by atoms with Crippen molar-refractivity contribution in [3.8, 4) is 0 Å². The van der Waals surface area contributed by atoms with E-state index >= 15 is 0 Å². The Labute approximate surface area is 187 Å². The molecule has 1 fully saturated rings. The molecule has 1 aliphatic heterocycles. The van der Waals surface area contributed by atoms with Crippen molar-refractivity contribution in [3.05, 3.63) is 47.2 Å². The van der Waals surface area contributed by atoms with Gasteiger partial charge in [0.2, 0.25) is 15.9 Å². The highest BCUT2D eigenvalue weighted by molar-refractivity contribution is 7.89. The molecular formula is C21H26ClFN4O3S. The van der Waals surface area contributed by atoms with Crippen molar-refractivity contribution in [2.75, 3.05) is 49.3 Å². The van der Waals surface area contributed by atoms with Crippen LogP contribution in [0.4, 0.5) is 21.5 Å². The first-order chi connectivity index (χ1) is 14.7. The highest BCUT2D eigenvalue weighted by Crippen LogP contribution is 2.30. The van der Waals surface area contributed by atoms with Gasteiger partial charge in [0.1, 0.15) is 5.82 Å². The molecule has 168 valence electrons. The molecule has 0 bridgehead atoms. The van der Waals surface area contributed by atoms with E-state index in [0.29, 0.717) is 24.5 Å². The van der Waals surface area contributed by atoms with Gasteiger partial charge < -0.3 is 15.5 Å². The summed E-state index contributed by atoms with van der Waals surface area (Å²) in [6.07, 6.45) is 2.74. The molecule has 0 aliphatic carbocycles. The van der Waals surface area contributed by atoms with Crippen LogP contribution in [0.5, 0.6) is 0 Å². The second-order valence-electron chi connectivity index (χ2n) is 7.57. The average Bonchev–Trinajstić information content (AvgIpc) is 2.75. The molecule has 1 amide bonds. The number of amides is 1. The summed E-state index contributed by atoms with van der Waals surface area (Å²) in [5.74, 6) is -0.947. The molecule has 2 aromatic rings. The van der Waals surface area contributed by atoms with Crippen LogP contribution in [0.15, 0.2) is 41.3 Å². The van der Waals surface area contributed by atoms with Crippen LogP contribution in [0, 0.1) is 5.82 Å². The number of halogens is 2. The van der Waals surface area contributed by atoms with Crippen molar-refractivity contribution in [2.45, 2.75) is 24.2 Å². The number of carbonyl (C=O) groups is 1. The van der Waals surface area contributed by atoms with Crippen LogP contribution < -0.4 is 15.5 Å². The Morgan fingerprint density at radius 3 is 2.48 bits per heavy atom. The van der Waals surface area contributed by atoms with E-state index < -0.39 is 15.8 Å². The van der Waals surface area contributed by atoms with Gasteiger partial charge in [0.25, 0.3) is 0 Å². The van der Waals surface area contributed by atoms with Gasteiger partial charge in [-0.2, -0.15) is 4.31 Å². The molecule has 0 spiro atoms. The SMILES string of the molecule is CN(C)c1ccc(S(=O)(=O)N2CCCCC2)cc1NCC(=O)Nc1ccc(F)c(Cl)c1. The number of piperidine rings is 1. The van der Waals surface area contributed by atoms with E-state index in [2.05, 4.69) is 10.6 Å². The Morgan fingerprint density at radius 1 is 1.13 bits per heavy atom. The summed E-state index contributed by atoms with van der Waals surface area (Å²) < 4.78 is 40.8. The van der Waals surface area contributed by atoms with E-state index in [-0.39, 0.29) is 22.4 Å². The smallest absolute Gasteiger partial charge is 0.243 e. The maximum Gasteiger partial charge on any atom is 0.243 e. The van der Waals surface area contributed by atoms with Crippen molar-refractivity contribution in [2.24, 2.45) is 0 Å². The molecule has 3 rings (SSSR count). The van der Waals surface area contributed by atoms with Gasteiger partial charge in [-0.25, -0.2) is 12.8 Å². The number of carbonyl (C=O) groups excluding carboxylic acids is 1. The molecule has 10 heteroatoms. The van der Waals surface area contributed by atoms with Gasteiger partial charge in [-0.05, 0) is 49.2 Å². The Bertz CT molecular complexity index is 1060. The molecule has 1 aliphatic rings. The zero-order chi connectivity index (χ0) is 22.6. The molecule has 2 N–H and O–H groups in total. The van der Waals surface area contributed by atoms with Crippen LogP contribution in [-0.2, 0) is 14.8 Å². The highest BCUT2D eigenvalue weighted by atomic mass is 35.5. The van der Waals surface area contributed by atoms with Crippen LogP contribution in [0.2, 0.25) is 5.02 Å². The second kappa shape index (κ2) is 9.84. The molecule has 0 saturated carbocycles. The van der Waals surface area contributed by atoms with Crippen LogP contribution in [0.1, 0.15) is 19.3 Å². The first-order valence-electron chi connectivity index (χ1n) is 9.99. The minimum atomic E-state index is -3.60. The monoisotopic (exact) mass is 468 g/mol. The lowest BCUT2D eigenvalue weighted by atomic mass is 10.2. The zero-order valence-electron chi connectivity index (χ0n) is 17.5. The number of nitrogens with zero attached hydrogens (tertiary/aromatic N) is 2. The Hall–Kier alpha value is -2.36. The first kappa shape index (κ1) is 23.3. The van der Waals surface area contributed by atoms with Crippen LogP contribution >= 0.6 is 11.6 Å². The van der Waals surface area contributed by atoms with Gasteiger partial charge in [0.15, 0.2) is 0 Å². The molecule has 1 saturated heterocycles. The average molecular weight is 469 g/mol. The molecule has 0 radical (unpaired) electrons. The lowest BCUT2D eigenvalue weighted by Gasteiger charge is -2.27. The Balaban J connectivity index is 1.76. The quantitative estimate of drug-likeness (QED) is 0.646. The van der Waals surface area contributed by atoms with E-state index in [9.17, 15) is 17.6 Å². The fourth-order valence-electron chi connectivity index (χ4n) is 3.42. The summed E-state index contributed by atoms with van der Waals surface area (Å²) in [5.41, 5.74) is 1.64. The van der Waals surface area contributed by atoms with Crippen LogP contribution in [0.3, 0.4) is 0 Å². The third kappa shape index (κ3) is 5.66. The van der Waals surface area contributed by atoms with Gasteiger partial charge in [-0.15, -0.1) is 0 Å². The number of anilines is 3. The van der Waals surface area contributed by atoms with Crippen molar-refractivity contribution < 1.29 is 17.6 Å². The summed E-state index contributed by atoms with van der Waals surface area (Å²) in [6, 6.07) is 8.77. The normalized spacial score (nSPS) is 14.8. The fraction of sp³-hybridized carbons (Fsp3) is 0.381. The highest BCUT2D eigenvalue weighted by Gasteiger charge is 2.26. The van der Waals surface area contributed by atoms with Crippen molar-refractivity contribution >= 4 is 44.6 Å². The standard InChI is InChI=1S/C21H26ClFN4O3S/c1-26(2)20-9-7-16(31(29,30)27-10-4-3-5-11-27)13-19(20)24-14-21(28)25-15-6-8-18(23)17(22)12-15/h6-9,12-13,24H,3-5,10-11,14H2,1-2H3,(H,25,28). The Kier molecular flexibility index (Phi) is 7.40. The first-order valence-corrected chi connectivity index (χ1v) is 11.8. The summed E-state index contributed by atoms with van der Waals surface area (Å²) >= 11 is 5.74. The van der Waals surface area contributed by atoms with E-state index in [1.54, 1.807) is 18.2 Å². The van der Waals surface area contributed by atoms with Gasteiger partial charge >= 0.3 is 0 Å². The molecule has 0 atom stereocenters. The number of rotatable bonds is 7. The summed E-state index contributed by atoms with van der Waals surface area (Å²) in [5, 5.41) is 5.56. The third-order valence-corrected chi connectivity index (χ3v) is 7.23. The van der Waals surface area contributed by atoms with E-state index in [4.69, 9.17) is 11.6 Å². The third-order valence-electron chi connectivity index (χ3n) is 5.05. The number of hydrogen-bond acceptors (Lipinski definition) is 5. The summed E-state index contributed by atoms with van der Waals surface area (Å²) in [7, 11) is 0.0676. The minimum Gasteiger partial charge on any atom is -0.376 e.